The third kappa shape index (κ3) is 0.620. The van der Waals surface area contributed by atoms with Gasteiger partial charge in [0.2, 0.25) is 0 Å². The second kappa shape index (κ2) is 1.92. The molecule has 4 bridgehead atoms. The highest BCUT2D eigenvalue weighted by atomic mass is 35.5. The molecule has 2 unspecified atom stereocenters. The van der Waals surface area contributed by atoms with Gasteiger partial charge in [0.05, 0.1) is 11.7 Å². The van der Waals surface area contributed by atoms with Crippen molar-refractivity contribution in [2.24, 2.45) is 11.8 Å². The summed E-state index contributed by atoms with van der Waals surface area (Å²) in [6.07, 6.45) is 0. The minimum atomic E-state index is 0.337. The fraction of sp³-hybridized carbons (Fsp3) is 0.750. The molecule has 1 aromatic heterocycles. The third-order valence-corrected chi connectivity index (χ3v) is 4.88. The van der Waals surface area contributed by atoms with Gasteiger partial charge in [0.25, 0.3) is 0 Å². The molecule has 0 aromatic carbocycles. The lowest BCUT2D eigenvalue weighted by Gasteiger charge is -2.06. The molecular weight excluding hydrogens is 206 g/mol. The van der Waals surface area contributed by atoms with E-state index in [0.29, 0.717) is 10.6 Å². The number of rotatable bonds is 1. The van der Waals surface area contributed by atoms with Crippen LogP contribution in [0.2, 0.25) is 5.15 Å². The Morgan fingerprint density at radius 2 is 2.15 bits per heavy atom. The fourth-order valence-corrected chi connectivity index (χ4v) is 4.33. The molecule has 5 rings (SSSR count). The SMILES string of the molecule is Clc1nsnc1C12CN3CC1C2C3. The second-order valence-electron chi connectivity index (χ2n) is 4.35. The molecular formula is C8H8ClN3S. The molecule has 3 aliphatic heterocycles. The first-order chi connectivity index (χ1) is 6.32. The summed E-state index contributed by atoms with van der Waals surface area (Å²) in [6, 6.07) is 0. The monoisotopic (exact) mass is 213 g/mol. The van der Waals surface area contributed by atoms with Gasteiger partial charge in [-0.05, 0) is 11.8 Å². The van der Waals surface area contributed by atoms with Gasteiger partial charge in [-0.25, -0.2) is 0 Å². The summed E-state index contributed by atoms with van der Waals surface area (Å²) in [5.41, 5.74) is 1.43. The van der Waals surface area contributed by atoms with Gasteiger partial charge in [0.15, 0.2) is 5.15 Å². The summed E-state index contributed by atoms with van der Waals surface area (Å²) in [5, 5.41) is 0.654. The molecule has 4 heterocycles. The van der Waals surface area contributed by atoms with E-state index in [1.54, 1.807) is 0 Å². The molecule has 4 aliphatic rings. The first kappa shape index (κ1) is 7.15. The first-order valence-electron chi connectivity index (χ1n) is 4.53. The predicted octanol–water partition coefficient (Wildman–Crippen LogP) is 1.00. The maximum absolute atomic E-state index is 6.04. The van der Waals surface area contributed by atoms with Crippen LogP contribution in [0.4, 0.5) is 0 Å². The molecule has 0 N–H and O–H groups in total. The number of hydrogen-bond acceptors (Lipinski definition) is 4. The number of piperidine rings is 3. The van der Waals surface area contributed by atoms with Crippen LogP contribution >= 0.6 is 23.3 Å². The Morgan fingerprint density at radius 3 is 2.62 bits per heavy atom. The van der Waals surface area contributed by atoms with E-state index in [1.165, 1.54) is 31.4 Å². The van der Waals surface area contributed by atoms with Crippen LogP contribution in [0.1, 0.15) is 5.69 Å². The van der Waals surface area contributed by atoms with E-state index in [2.05, 4.69) is 13.6 Å². The lowest BCUT2D eigenvalue weighted by atomic mass is 10.0. The molecule has 5 heteroatoms. The molecule has 13 heavy (non-hydrogen) atoms. The highest BCUT2D eigenvalue weighted by Crippen LogP contribution is 2.69. The molecule has 0 spiro atoms. The van der Waals surface area contributed by atoms with E-state index in [0.717, 1.165) is 17.5 Å². The minimum Gasteiger partial charge on any atom is -0.302 e. The average molecular weight is 214 g/mol. The Bertz CT molecular complexity index is 378. The van der Waals surface area contributed by atoms with Crippen molar-refractivity contribution in [2.45, 2.75) is 5.41 Å². The number of aromatic nitrogens is 2. The largest absolute Gasteiger partial charge is 0.302 e. The Balaban J connectivity index is 1.89. The van der Waals surface area contributed by atoms with E-state index in [-0.39, 0.29) is 0 Å². The van der Waals surface area contributed by atoms with Crippen LogP contribution in [0, 0.1) is 11.8 Å². The van der Waals surface area contributed by atoms with Crippen LogP contribution in [0.3, 0.4) is 0 Å². The van der Waals surface area contributed by atoms with Gasteiger partial charge in [0, 0.05) is 25.0 Å². The fourth-order valence-electron chi connectivity index (χ4n) is 3.43. The van der Waals surface area contributed by atoms with Crippen LogP contribution in [-0.4, -0.2) is 33.3 Å². The molecule has 0 radical (unpaired) electrons. The zero-order chi connectivity index (χ0) is 8.63. The van der Waals surface area contributed by atoms with Gasteiger partial charge in [0.1, 0.15) is 5.69 Å². The maximum atomic E-state index is 6.04. The topological polar surface area (TPSA) is 29.0 Å². The second-order valence-corrected chi connectivity index (χ2v) is 5.24. The van der Waals surface area contributed by atoms with Crippen molar-refractivity contribution in [3.8, 4) is 0 Å². The van der Waals surface area contributed by atoms with Gasteiger partial charge in [-0.1, -0.05) is 11.6 Å². The van der Waals surface area contributed by atoms with Crippen molar-refractivity contribution in [1.82, 2.24) is 13.6 Å². The Hall–Kier alpha value is -0.190. The van der Waals surface area contributed by atoms with Gasteiger partial charge < -0.3 is 4.90 Å². The standard InChI is InChI=1S/C8H8ClN3S/c9-7-6(10-13-11-7)8-3-12-1-4(8)5(8)2-12/h4-5H,1-3H2. The Labute approximate surface area is 85.0 Å². The Morgan fingerprint density at radius 1 is 1.38 bits per heavy atom. The molecule has 0 amide bonds. The maximum Gasteiger partial charge on any atom is 0.166 e. The zero-order valence-corrected chi connectivity index (χ0v) is 8.48. The van der Waals surface area contributed by atoms with Crippen LogP contribution in [0.5, 0.6) is 0 Å². The van der Waals surface area contributed by atoms with Crippen molar-refractivity contribution < 1.29 is 0 Å². The summed E-state index contributed by atoms with van der Waals surface area (Å²) < 4.78 is 8.42. The number of halogens is 1. The lowest BCUT2D eigenvalue weighted by molar-refractivity contribution is 0.406. The molecule has 3 saturated heterocycles. The molecule has 2 atom stereocenters. The van der Waals surface area contributed by atoms with E-state index < -0.39 is 0 Å². The van der Waals surface area contributed by atoms with Crippen LogP contribution in [0.25, 0.3) is 0 Å². The number of hydrogen-bond donors (Lipinski definition) is 0. The molecule has 1 saturated carbocycles. The van der Waals surface area contributed by atoms with Gasteiger partial charge in [-0.3, -0.25) is 0 Å². The molecule has 4 fully saturated rings. The molecule has 1 aromatic rings. The lowest BCUT2D eigenvalue weighted by Crippen LogP contribution is -2.16. The molecule has 1 aliphatic carbocycles. The van der Waals surface area contributed by atoms with E-state index in [4.69, 9.17) is 11.6 Å². The highest BCUT2D eigenvalue weighted by molar-refractivity contribution is 6.99. The average Bonchev–Trinajstić information content (AvgIpc) is 2.66. The van der Waals surface area contributed by atoms with E-state index >= 15 is 0 Å². The van der Waals surface area contributed by atoms with Crippen LogP contribution in [0.15, 0.2) is 0 Å². The number of nitrogens with zero attached hydrogens (tertiary/aromatic N) is 3. The smallest absolute Gasteiger partial charge is 0.166 e. The van der Waals surface area contributed by atoms with Crippen molar-refractivity contribution in [2.75, 3.05) is 19.6 Å². The minimum absolute atomic E-state index is 0.337. The van der Waals surface area contributed by atoms with Gasteiger partial charge in [-0.2, -0.15) is 8.75 Å². The van der Waals surface area contributed by atoms with Crippen molar-refractivity contribution >= 4 is 23.3 Å². The molecule has 3 nitrogen and oxygen atoms in total. The predicted molar refractivity (Wildman–Crippen MR) is 50.0 cm³/mol. The van der Waals surface area contributed by atoms with Crippen molar-refractivity contribution in [1.29, 1.82) is 0 Å². The summed E-state index contributed by atoms with van der Waals surface area (Å²) in [5.74, 6) is 1.68. The zero-order valence-electron chi connectivity index (χ0n) is 6.90. The van der Waals surface area contributed by atoms with Crippen molar-refractivity contribution in [3.05, 3.63) is 10.8 Å². The molecule has 68 valence electrons. The van der Waals surface area contributed by atoms with Crippen LogP contribution < -0.4 is 0 Å². The Kier molecular flexibility index (Phi) is 1.06. The summed E-state index contributed by atoms with van der Waals surface area (Å²) in [7, 11) is 0. The third-order valence-electron chi connectivity index (χ3n) is 3.98. The highest BCUT2D eigenvalue weighted by Gasteiger charge is 2.76. The van der Waals surface area contributed by atoms with E-state index in [9.17, 15) is 0 Å². The quantitative estimate of drug-likeness (QED) is 0.697. The summed E-state index contributed by atoms with van der Waals surface area (Å²) in [6.45, 7) is 3.70. The first-order valence-corrected chi connectivity index (χ1v) is 5.64. The normalized spacial score (nSPS) is 50.1. The van der Waals surface area contributed by atoms with Gasteiger partial charge in [-0.15, -0.1) is 0 Å². The van der Waals surface area contributed by atoms with E-state index in [1.807, 2.05) is 0 Å². The van der Waals surface area contributed by atoms with Crippen LogP contribution in [-0.2, 0) is 5.41 Å². The summed E-state index contributed by atoms with van der Waals surface area (Å²) in [4.78, 5) is 2.52. The van der Waals surface area contributed by atoms with Gasteiger partial charge >= 0.3 is 0 Å². The van der Waals surface area contributed by atoms with Crippen molar-refractivity contribution in [3.63, 3.8) is 0 Å². The summed E-state index contributed by atoms with van der Waals surface area (Å²) >= 11 is 7.29.